The van der Waals surface area contributed by atoms with Crippen molar-refractivity contribution in [2.45, 2.75) is 46.3 Å². The lowest BCUT2D eigenvalue weighted by Crippen LogP contribution is -2.37. The van der Waals surface area contributed by atoms with Gasteiger partial charge in [0.15, 0.2) is 0 Å². The molecule has 4 heteroatoms. The molecule has 0 radical (unpaired) electrons. The first-order valence-corrected chi connectivity index (χ1v) is 6.24. The molecule has 0 aliphatic carbocycles. The summed E-state index contributed by atoms with van der Waals surface area (Å²) in [5, 5.41) is 0. The van der Waals surface area contributed by atoms with E-state index in [1.807, 2.05) is 18.2 Å². The Hall–Kier alpha value is -0.835. The van der Waals surface area contributed by atoms with E-state index in [1.54, 1.807) is 0 Å². The van der Waals surface area contributed by atoms with Gasteiger partial charge in [0.1, 0.15) is 0 Å². The topological polar surface area (TPSA) is 44.5 Å². The highest BCUT2D eigenvalue weighted by molar-refractivity contribution is 6.40. The van der Waals surface area contributed by atoms with Crippen LogP contribution in [0.4, 0.5) is 0 Å². The molecular formula is C13H22BNO2. The maximum Gasteiger partial charge on any atom is 0.552 e. The summed E-state index contributed by atoms with van der Waals surface area (Å²) in [7, 11) is -0.639. The van der Waals surface area contributed by atoms with Gasteiger partial charge >= 0.3 is 7.25 Å². The predicted octanol–water partition coefficient (Wildman–Crippen LogP) is 2.66. The minimum absolute atomic E-state index is 0.182. The zero-order valence-corrected chi connectivity index (χ0v) is 11.0. The van der Waals surface area contributed by atoms with Gasteiger partial charge in [-0.05, 0) is 30.9 Å². The normalized spacial score (nSPS) is 10.9. The first-order chi connectivity index (χ1) is 8.17. The molecule has 0 spiro atoms. The quantitative estimate of drug-likeness (QED) is 0.739. The molecule has 0 unspecified atom stereocenters. The Morgan fingerprint density at radius 2 is 1.88 bits per heavy atom. The molecule has 2 N–H and O–H groups in total. The van der Waals surface area contributed by atoms with Gasteiger partial charge in [-0.3, -0.25) is 0 Å². The monoisotopic (exact) mass is 235 g/mol. The smallest absolute Gasteiger partial charge is 0.395 e. The van der Waals surface area contributed by atoms with Crippen LogP contribution in [0.25, 0.3) is 0 Å². The van der Waals surface area contributed by atoms with Crippen molar-refractivity contribution < 1.29 is 9.31 Å². The third kappa shape index (κ3) is 4.90. The van der Waals surface area contributed by atoms with Gasteiger partial charge < -0.3 is 15.0 Å². The van der Waals surface area contributed by atoms with Gasteiger partial charge in [0.05, 0.1) is 6.61 Å². The van der Waals surface area contributed by atoms with E-state index in [1.165, 1.54) is 5.56 Å². The van der Waals surface area contributed by atoms with Crippen molar-refractivity contribution in [3.63, 3.8) is 0 Å². The fourth-order valence-electron chi connectivity index (χ4n) is 1.65. The highest BCUT2D eigenvalue weighted by atomic mass is 16.6. The Kier molecular flexibility index (Phi) is 6.26. The van der Waals surface area contributed by atoms with E-state index in [0.29, 0.717) is 6.61 Å². The maximum absolute atomic E-state index is 5.78. The predicted molar refractivity (Wildman–Crippen MR) is 71.4 cm³/mol. The van der Waals surface area contributed by atoms with E-state index < -0.39 is 7.25 Å². The summed E-state index contributed by atoms with van der Waals surface area (Å²) in [5.41, 5.74) is 8.14. The zero-order chi connectivity index (χ0) is 12.7. The average molecular weight is 235 g/mol. The fourth-order valence-corrected chi connectivity index (χ4v) is 1.65. The third-order valence-corrected chi connectivity index (χ3v) is 2.90. The van der Waals surface area contributed by atoms with Gasteiger partial charge in [0.25, 0.3) is 0 Å². The van der Waals surface area contributed by atoms with Gasteiger partial charge in [0.2, 0.25) is 0 Å². The Morgan fingerprint density at radius 3 is 2.47 bits per heavy atom. The molecule has 0 aromatic heterocycles. The van der Waals surface area contributed by atoms with Crippen LogP contribution in [0.3, 0.4) is 0 Å². The Bertz CT molecular complexity index is 329. The van der Waals surface area contributed by atoms with Crippen molar-refractivity contribution in [3.05, 3.63) is 35.4 Å². The number of nitrogens with two attached hydrogens (primary N) is 1. The summed E-state index contributed by atoms with van der Waals surface area (Å²) in [6.45, 7) is 6.73. The van der Waals surface area contributed by atoms with Crippen molar-refractivity contribution in [2.24, 2.45) is 5.64 Å². The summed E-state index contributed by atoms with van der Waals surface area (Å²) in [4.78, 5) is 0. The Balaban J connectivity index is 2.38. The highest BCUT2D eigenvalue weighted by Crippen LogP contribution is 2.09. The highest BCUT2D eigenvalue weighted by Gasteiger charge is 2.17. The number of rotatable bonds is 7. The SMILES string of the molecule is CCC(CC)OB(N)OCc1ccccc1C. The van der Waals surface area contributed by atoms with Crippen LogP contribution in [0.2, 0.25) is 0 Å². The van der Waals surface area contributed by atoms with E-state index in [2.05, 4.69) is 26.8 Å². The lowest BCUT2D eigenvalue weighted by atomic mass is 10.1. The molecule has 0 aliphatic rings. The second-order valence-electron chi connectivity index (χ2n) is 4.18. The van der Waals surface area contributed by atoms with Crippen molar-refractivity contribution >= 4 is 7.25 Å². The molecule has 0 bridgehead atoms. The first kappa shape index (κ1) is 14.2. The Morgan fingerprint density at radius 1 is 1.24 bits per heavy atom. The zero-order valence-electron chi connectivity index (χ0n) is 11.0. The van der Waals surface area contributed by atoms with Gasteiger partial charge in [0, 0.05) is 6.10 Å². The molecular weight excluding hydrogens is 213 g/mol. The molecule has 1 rings (SSSR count). The first-order valence-electron chi connectivity index (χ1n) is 6.24. The molecule has 0 aliphatic heterocycles. The number of benzene rings is 1. The molecule has 94 valence electrons. The molecule has 1 aromatic carbocycles. The van der Waals surface area contributed by atoms with Gasteiger partial charge in [-0.1, -0.05) is 38.1 Å². The van der Waals surface area contributed by atoms with Crippen LogP contribution < -0.4 is 5.64 Å². The van der Waals surface area contributed by atoms with Crippen LogP contribution >= 0.6 is 0 Å². The summed E-state index contributed by atoms with van der Waals surface area (Å²) >= 11 is 0. The number of aryl methyl sites for hydroxylation is 1. The Labute approximate surface area is 104 Å². The van der Waals surface area contributed by atoms with E-state index in [4.69, 9.17) is 15.0 Å². The van der Waals surface area contributed by atoms with Crippen LogP contribution in [-0.4, -0.2) is 13.4 Å². The lowest BCUT2D eigenvalue weighted by molar-refractivity contribution is 0.125. The molecule has 0 heterocycles. The standard InChI is InChI=1S/C13H22BNO2/c1-4-13(5-2)17-14(15)16-10-12-9-7-6-8-11(12)3/h6-9,13H,4-5,10,15H2,1-3H3. The molecule has 0 fully saturated rings. The summed E-state index contributed by atoms with van der Waals surface area (Å²) in [5.74, 6) is 0. The molecule has 3 nitrogen and oxygen atoms in total. The minimum atomic E-state index is -0.639. The van der Waals surface area contributed by atoms with Gasteiger partial charge in [-0.25, -0.2) is 0 Å². The van der Waals surface area contributed by atoms with Crippen LogP contribution in [0.1, 0.15) is 37.8 Å². The van der Waals surface area contributed by atoms with Crippen LogP contribution in [0.15, 0.2) is 24.3 Å². The minimum Gasteiger partial charge on any atom is -0.395 e. The van der Waals surface area contributed by atoms with E-state index >= 15 is 0 Å². The number of hydrogen-bond donors (Lipinski definition) is 1. The van der Waals surface area contributed by atoms with E-state index in [0.717, 1.165) is 18.4 Å². The van der Waals surface area contributed by atoms with Crippen molar-refractivity contribution in [2.75, 3.05) is 0 Å². The summed E-state index contributed by atoms with van der Waals surface area (Å²) < 4.78 is 11.1. The van der Waals surface area contributed by atoms with Gasteiger partial charge in [-0.15, -0.1) is 0 Å². The van der Waals surface area contributed by atoms with Gasteiger partial charge in [-0.2, -0.15) is 0 Å². The molecule has 1 aromatic rings. The van der Waals surface area contributed by atoms with Crippen molar-refractivity contribution in [1.29, 1.82) is 0 Å². The molecule has 0 saturated heterocycles. The van der Waals surface area contributed by atoms with E-state index in [-0.39, 0.29) is 6.10 Å². The maximum atomic E-state index is 5.78. The van der Waals surface area contributed by atoms with Crippen molar-refractivity contribution in [1.82, 2.24) is 0 Å². The number of hydrogen-bond acceptors (Lipinski definition) is 3. The fraction of sp³-hybridized carbons (Fsp3) is 0.538. The average Bonchev–Trinajstić information content (AvgIpc) is 2.35. The van der Waals surface area contributed by atoms with Crippen LogP contribution in [-0.2, 0) is 15.9 Å². The second kappa shape index (κ2) is 7.48. The van der Waals surface area contributed by atoms with E-state index in [9.17, 15) is 0 Å². The lowest BCUT2D eigenvalue weighted by Gasteiger charge is -2.17. The molecule has 17 heavy (non-hydrogen) atoms. The molecule has 0 saturated carbocycles. The van der Waals surface area contributed by atoms with Crippen LogP contribution in [0, 0.1) is 6.92 Å². The second-order valence-corrected chi connectivity index (χ2v) is 4.18. The summed E-state index contributed by atoms with van der Waals surface area (Å²) in [6.07, 6.45) is 2.09. The molecule has 0 atom stereocenters. The molecule has 0 amide bonds. The largest absolute Gasteiger partial charge is 0.552 e. The summed E-state index contributed by atoms with van der Waals surface area (Å²) in [6, 6.07) is 8.11. The van der Waals surface area contributed by atoms with Crippen molar-refractivity contribution in [3.8, 4) is 0 Å². The third-order valence-electron chi connectivity index (χ3n) is 2.90. The van der Waals surface area contributed by atoms with Crippen LogP contribution in [0.5, 0.6) is 0 Å².